The van der Waals surface area contributed by atoms with Crippen LogP contribution < -0.4 is 15.2 Å². The first-order valence-electron chi connectivity index (χ1n) is 7.01. The maximum Gasteiger partial charge on any atom is 0.335 e. The van der Waals surface area contributed by atoms with Gasteiger partial charge in [0.15, 0.2) is 5.69 Å². The van der Waals surface area contributed by atoms with Crippen LogP contribution in [0, 0.1) is 0 Å². The lowest BCUT2D eigenvalue weighted by Gasteiger charge is -2.11. The van der Waals surface area contributed by atoms with E-state index in [1.165, 1.54) is 30.1 Å². The van der Waals surface area contributed by atoms with Gasteiger partial charge in [-0.05, 0) is 25.1 Å². The molecule has 0 aliphatic rings. The van der Waals surface area contributed by atoms with Crippen molar-refractivity contribution >= 4 is 27.6 Å². The zero-order valence-electron chi connectivity index (χ0n) is 13.4. The number of sulfonamides is 1. The molecule has 1 amide bonds. The van der Waals surface area contributed by atoms with Crippen molar-refractivity contribution in [1.29, 1.82) is 0 Å². The molecular formula is C14H16N4O6S. The molecular weight excluding hydrogens is 352 g/mol. The number of anilines is 1. The third-order valence-electron chi connectivity index (χ3n) is 3.26. The second-order valence-electron chi connectivity index (χ2n) is 4.89. The highest BCUT2D eigenvalue weighted by atomic mass is 32.2. The van der Waals surface area contributed by atoms with Crippen molar-refractivity contribution in [2.45, 2.75) is 18.4 Å². The van der Waals surface area contributed by atoms with Crippen LogP contribution in [0.4, 0.5) is 5.69 Å². The first kappa shape index (κ1) is 18.3. The van der Waals surface area contributed by atoms with Gasteiger partial charge in [-0.25, -0.2) is 13.2 Å². The van der Waals surface area contributed by atoms with Crippen LogP contribution in [0.2, 0.25) is 0 Å². The first-order valence-corrected chi connectivity index (χ1v) is 8.49. The van der Waals surface area contributed by atoms with Crippen molar-refractivity contribution in [1.82, 2.24) is 9.78 Å². The number of nitrogens with zero attached hydrogens (tertiary/aromatic N) is 2. The van der Waals surface area contributed by atoms with Crippen LogP contribution in [-0.2, 0) is 16.6 Å². The number of rotatable bonds is 7. The molecule has 1 aromatic heterocycles. The number of hydrogen-bond donors (Lipinski definition) is 3. The molecule has 10 nitrogen and oxygen atoms in total. The molecule has 0 aliphatic carbocycles. The topological polar surface area (TPSA) is 154 Å². The highest BCUT2D eigenvalue weighted by molar-refractivity contribution is 7.92. The molecule has 0 saturated carbocycles. The number of primary amides is 1. The molecule has 0 spiro atoms. The molecule has 25 heavy (non-hydrogen) atoms. The van der Waals surface area contributed by atoms with Crippen LogP contribution in [0.5, 0.6) is 5.75 Å². The zero-order valence-corrected chi connectivity index (χ0v) is 14.2. The van der Waals surface area contributed by atoms with E-state index in [1.54, 1.807) is 6.92 Å². The number of aryl methyl sites for hydroxylation is 1. The predicted octanol–water partition coefficient (Wildman–Crippen LogP) is 0.509. The highest BCUT2D eigenvalue weighted by Gasteiger charge is 2.25. The second kappa shape index (κ2) is 6.81. The van der Waals surface area contributed by atoms with Gasteiger partial charge in [0, 0.05) is 12.7 Å². The molecule has 0 aliphatic heterocycles. The van der Waals surface area contributed by atoms with E-state index in [4.69, 9.17) is 15.6 Å². The number of methoxy groups -OCH3 is 1. The first-order chi connectivity index (χ1) is 11.7. The van der Waals surface area contributed by atoms with E-state index in [2.05, 4.69) is 9.82 Å². The highest BCUT2D eigenvalue weighted by Crippen LogP contribution is 2.28. The van der Waals surface area contributed by atoms with Crippen molar-refractivity contribution in [3.63, 3.8) is 0 Å². The third-order valence-corrected chi connectivity index (χ3v) is 4.65. The Morgan fingerprint density at radius 1 is 1.40 bits per heavy atom. The minimum absolute atomic E-state index is 0.0546. The normalized spacial score (nSPS) is 11.1. The number of aromatic nitrogens is 2. The average Bonchev–Trinajstić information content (AvgIpc) is 2.96. The van der Waals surface area contributed by atoms with E-state index >= 15 is 0 Å². The fraction of sp³-hybridized carbons (Fsp3) is 0.214. The minimum atomic E-state index is -4.26. The van der Waals surface area contributed by atoms with Crippen LogP contribution in [0.3, 0.4) is 0 Å². The molecule has 0 fully saturated rings. The fourth-order valence-electron chi connectivity index (χ4n) is 2.06. The average molecular weight is 368 g/mol. The van der Waals surface area contributed by atoms with E-state index in [9.17, 15) is 18.0 Å². The van der Waals surface area contributed by atoms with E-state index in [0.29, 0.717) is 6.54 Å². The molecule has 0 unspecified atom stereocenters. The standard InChI is InChI=1S/C14H16N4O6S/c1-3-18-7-9(12(16-18)13(15)19)17-25(22,23)11-6-8(14(20)21)4-5-10(11)24-2/h4-7,17H,3H2,1-2H3,(H2,15,19)(H,20,21). The summed E-state index contributed by atoms with van der Waals surface area (Å²) in [7, 11) is -3.01. The van der Waals surface area contributed by atoms with Crippen molar-refractivity contribution in [3.05, 3.63) is 35.7 Å². The molecule has 0 atom stereocenters. The quantitative estimate of drug-likeness (QED) is 0.643. The Labute approximate surface area is 143 Å². The monoisotopic (exact) mass is 368 g/mol. The van der Waals surface area contributed by atoms with Gasteiger partial charge in [0.25, 0.3) is 15.9 Å². The van der Waals surface area contributed by atoms with Gasteiger partial charge in [-0.15, -0.1) is 0 Å². The molecule has 2 rings (SSSR count). The van der Waals surface area contributed by atoms with Crippen molar-refractivity contribution < 1.29 is 27.9 Å². The molecule has 1 heterocycles. The van der Waals surface area contributed by atoms with Crippen LogP contribution in [-0.4, -0.2) is 42.3 Å². The fourth-order valence-corrected chi connectivity index (χ4v) is 3.31. The molecule has 0 bridgehead atoms. The molecule has 0 radical (unpaired) electrons. The Kier molecular flexibility index (Phi) is 4.97. The molecule has 11 heteroatoms. The lowest BCUT2D eigenvalue weighted by atomic mass is 10.2. The molecule has 2 aromatic rings. The number of ether oxygens (including phenoxy) is 1. The Bertz CT molecular complexity index is 935. The predicted molar refractivity (Wildman–Crippen MR) is 87.2 cm³/mol. The van der Waals surface area contributed by atoms with Crippen LogP contribution >= 0.6 is 0 Å². The number of carboxylic acids is 1. The molecule has 1 aromatic carbocycles. The molecule has 4 N–H and O–H groups in total. The Hall–Kier alpha value is -3.08. The van der Waals surface area contributed by atoms with Gasteiger partial charge in [0.05, 0.1) is 18.4 Å². The second-order valence-corrected chi connectivity index (χ2v) is 6.54. The van der Waals surface area contributed by atoms with Gasteiger partial charge < -0.3 is 15.6 Å². The van der Waals surface area contributed by atoms with E-state index in [-0.39, 0.29) is 22.7 Å². The summed E-state index contributed by atoms with van der Waals surface area (Å²) in [6, 6.07) is 3.39. The van der Waals surface area contributed by atoms with E-state index in [1.807, 2.05) is 0 Å². The summed E-state index contributed by atoms with van der Waals surface area (Å²) in [5, 5.41) is 12.9. The zero-order chi connectivity index (χ0) is 18.8. The Morgan fingerprint density at radius 2 is 2.08 bits per heavy atom. The number of nitrogens with two attached hydrogens (primary N) is 1. The minimum Gasteiger partial charge on any atom is -0.495 e. The molecule has 134 valence electrons. The largest absolute Gasteiger partial charge is 0.495 e. The number of aromatic carboxylic acids is 1. The van der Waals surface area contributed by atoms with Gasteiger partial charge in [0.1, 0.15) is 10.6 Å². The van der Waals surface area contributed by atoms with Crippen LogP contribution in [0.15, 0.2) is 29.3 Å². The van der Waals surface area contributed by atoms with Crippen molar-refractivity contribution in [3.8, 4) is 5.75 Å². The van der Waals surface area contributed by atoms with Crippen LogP contribution in [0.25, 0.3) is 0 Å². The SMILES string of the molecule is CCn1cc(NS(=O)(=O)c2cc(C(=O)O)ccc2OC)c(C(N)=O)n1. The number of carboxylic acid groups (broad SMARTS) is 1. The third kappa shape index (κ3) is 3.71. The summed E-state index contributed by atoms with van der Waals surface area (Å²) >= 11 is 0. The number of nitrogens with one attached hydrogen (secondary N) is 1. The van der Waals surface area contributed by atoms with Gasteiger partial charge in [-0.1, -0.05) is 0 Å². The van der Waals surface area contributed by atoms with Crippen molar-refractivity contribution in [2.75, 3.05) is 11.8 Å². The smallest absolute Gasteiger partial charge is 0.335 e. The summed E-state index contributed by atoms with van der Waals surface area (Å²) in [4.78, 5) is 22.1. The van der Waals surface area contributed by atoms with Gasteiger partial charge in [0.2, 0.25) is 0 Å². The van der Waals surface area contributed by atoms with Gasteiger partial charge in [-0.3, -0.25) is 14.2 Å². The van der Waals surface area contributed by atoms with Crippen molar-refractivity contribution in [2.24, 2.45) is 5.73 Å². The lowest BCUT2D eigenvalue weighted by molar-refractivity contribution is 0.0696. The summed E-state index contributed by atoms with van der Waals surface area (Å²) in [5.74, 6) is -2.26. The number of hydrogen-bond acceptors (Lipinski definition) is 6. The number of amides is 1. The van der Waals surface area contributed by atoms with E-state index < -0.39 is 26.8 Å². The number of carbonyl (C=O) groups excluding carboxylic acids is 1. The van der Waals surface area contributed by atoms with Crippen LogP contribution in [0.1, 0.15) is 27.8 Å². The maximum atomic E-state index is 12.7. The summed E-state index contributed by atoms with van der Waals surface area (Å²) < 4.78 is 33.8. The summed E-state index contributed by atoms with van der Waals surface area (Å²) in [6.07, 6.45) is 1.31. The van der Waals surface area contributed by atoms with E-state index in [0.717, 1.165) is 6.07 Å². The Balaban J connectivity index is 2.53. The summed E-state index contributed by atoms with van der Waals surface area (Å²) in [6.45, 7) is 2.13. The van der Waals surface area contributed by atoms with Gasteiger partial charge >= 0.3 is 5.97 Å². The number of carbonyl (C=O) groups is 2. The Morgan fingerprint density at radius 3 is 2.60 bits per heavy atom. The van der Waals surface area contributed by atoms with Gasteiger partial charge in [-0.2, -0.15) is 5.10 Å². The molecule has 0 saturated heterocycles. The number of benzene rings is 1. The lowest BCUT2D eigenvalue weighted by Crippen LogP contribution is -2.19. The maximum absolute atomic E-state index is 12.7. The summed E-state index contributed by atoms with van der Waals surface area (Å²) in [5.41, 5.74) is 4.61.